The zero-order chi connectivity index (χ0) is 24.0. The number of rotatable bonds is 6. The van der Waals surface area contributed by atoms with Gasteiger partial charge in [0.05, 0.1) is 30.8 Å². The molecule has 2 heterocycles. The van der Waals surface area contributed by atoms with Gasteiger partial charge in [-0.1, -0.05) is 48.9 Å². The minimum atomic E-state index is -0.368. The van der Waals surface area contributed by atoms with Gasteiger partial charge >= 0.3 is 5.97 Å². The van der Waals surface area contributed by atoms with Crippen LogP contribution in [-0.4, -0.2) is 35.1 Å². The second-order valence-electron chi connectivity index (χ2n) is 9.99. The molecule has 2 bridgehead atoms. The second-order valence-corrected chi connectivity index (χ2v) is 10.8. The molecule has 0 unspecified atom stereocenters. The molecule has 4 atom stereocenters. The Morgan fingerprint density at radius 3 is 2.71 bits per heavy atom. The summed E-state index contributed by atoms with van der Waals surface area (Å²) in [5.41, 5.74) is 5.49. The van der Waals surface area contributed by atoms with Crippen molar-refractivity contribution < 1.29 is 14.3 Å². The molecule has 0 saturated heterocycles. The average Bonchev–Trinajstić information content (AvgIpc) is 3.54. The molecule has 1 aromatic carbocycles. The number of aliphatic imine (C=N–C) groups is 1. The Bertz CT molecular complexity index is 1120. The minimum Gasteiger partial charge on any atom is -0.466 e. The van der Waals surface area contributed by atoms with Gasteiger partial charge in [0, 0.05) is 11.7 Å². The average molecular weight is 480 g/mol. The van der Waals surface area contributed by atoms with Crippen LogP contribution in [-0.2, 0) is 14.3 Å². The Hall–Kier alpha value is -2.54. The number of fused-ring (bicyclic) bond motifs is 3. The number of methoxy groups -OCH3 is 1. The summed E-state index contributed by atoms with van der Waals surface area (Å²) in [6.45, 7) is 6.15. The zero-order valence-electron chi connectivity index (χ0n) is 20.4. The Morgan fingerprint density at radius 1 is 1.24 bits per heavy atom. The quantitative estimate of drug-likeness (QED) is 0.573. The number of aryl methyl sites for hydroxylation is 2. The fourth-order valence-corrected chi connectivity index (χ4v) is 7.12. The fraction of sp³-hybridized carbons (Fsp3) is 0.519. The van der Waals surface area contributed by atoms with Crippen LogP contribution in [0, 0.1) is 25.7 Å². The van der Waals surface area contributed by atoms with E-state index in [0.717, 1.165) is 40.0 Å². The first-order valence-corrected chi connectivity index (χ1v) is 13.2. The van der Waals surface area contributed by atoms with Crippen molar-refractivity contribution in [2.24, 2.45) is 16.8 Å². The highest BCUT2D eigenvalue weighted by atomic mass is 32.2. The van der Waals surface area contributed by atoms with E-state index in [1.165, 1.54) is 43.7 Å². The first-order valence-electron chi connectivity index (χ1n) is 12.3. The lowest BCUT2D eigenvalue weighted by Crippen LogP contribution is -2.41. The number of allylic oxidation sites excluding steroid dienone is 1. The number of hydrogen-bond donors (Lipinski definition) is 1. The third-order valence-electron chi connectivity index (χ3n) is 7.78. The molecule has 180 valence electrons. The molecule has 2 saturated carbocycles. The van der Waals surface area contributed by atoms with E-state index >= 15 is 0 Å². The normalized spacial score (nSPS) is 27.5. The van der Waals surface area contributed by atoms with Crippen LogP contribution < -0.4 is 5.32 Å². The highest BCUT2D eigenvalue weighted by Crippen LogP contribution is 2.47. The van der Waals surface area contributed by atoms with Crippen LogP contribution in [0.3, 0.4) is 0 Å². The lowest BCUT2D eigenvalue weighted by molar-refractivity contribution is -0.136. The predicted molar refractivity (Wildman–Crippen MR) is 135 cm³/mol. The van der Waals surface area contributed by atoms with Crippen molar-refractivity contribution in [3.63, 3.8) is 0 Å². The smallest absolute Gasteiger partial charge is 0.338 e. The van der Waals surface area contributed by atoms with Gasteiger partial charge in [-0.15, -0.1) is 0 Å². The van der Waals surface area contributed by atoms with Crippen molar-refractivity contribution in [2.75, 3.05) is 7.11 Å². The van der Waals surface area contributed by atoms with Crippen LogP contribution in [0.4, 0.5) is 0 Å². The van der Waals surface area contributed by atoms with Gasteiger partial charge in [-0.3, -0.25) is 4.79 Å². The van der Waals surface area contributed by atoms with Crippen LogP contribution in [0.1, 0.15) is 68.2 Å². The molecule has 0 spiro atoms. The molecule has 1 aromatic rings. The summed E-state index contributed by atoms with van der Waals surface area (Å²) in [5, 5.41) is 6.15. The molecule has 0 radical (unpaired) electrons. The first kappa shape index (κ1) is 23.2. The van der Waals surface area contributed by atoms with E-state index in [4.69, 9.17) is 9.73 Å². The number of thioether (sulfide) groups is 1. The van der Waals surface area contributed by atoms with E-state index in [1.54, 1.807) is 0 Å². The number of carbonyl (C=O) groups excluding carboxylic acids is 2. The third-order valence-corrected chi connectivity index (χ3v) is 8.66. The van der Waals surface area contributed by atoms with Crippen molar-refractivity contribution in [1.29, 1.82) is 0 Å². The first-order chi connectivity index (χ1) is 16.4. The monoisotopic (exact) mass is 479 g/mol. The van der Waals surface area contributed by atoms with Gasteiger partial charge in [-0.2, -0.15) is 0 Å². The van der Waals surface area contributed by atoms with Crippen LogP contribution in [0.5, 0.6) is 0 Å². The minimum absolute atomic E-state index is 0.0508. The van der Waals surface area contributed by atoms with Gasteiger partial charge in [0.25, 0.3) is 0 Å². The summed E-state index contributed by atoms with van der Waals surface area (Å²) in [4.78, 5) is 33.1. The van der Waals surface area contributed by atoms with E-state index < -0.39 is 0 Å². The molecule has 2 aliphatic carbocycles. The topological polar surface area (TPSA) is 71.0 Å². The number of amidine groups is 1. The van der Waals surface area contributed by atoms with Crippen molar-refractivity contribution in [3.05, 3.63) is 57.3 Å². The number of benzene rings is 1. The second kappa shape index (κ2) is 9.25. The molecule has 0 aromatic heterocycles. The van der Waals surface area contributed by atoms with Crippen LogP contribution in [0.25, 0.3) is 0 Å². The number of ether oxygens (including phenoxy) is 1. The maximum absolute atomic E-state index is 13.1. The van der Waals surface area contributed by atoms with Gasteiger partial charge in [-0.05, 0) is 67.9 Å². The number of nitrogens with zero attached hydrogens (tertiary/aromatic N) is 2. The summed E-state index contributed by atoms with van der Waals surface area (Å²) in [6, 6.07) is 6.23. The summed E-state index contributed by atoms with van der Waals surface area (Å²) in [6.07, 6.45) is 5.82. The molecule has 2 aliphatic heterocycles. The number of nitrogens with one attached hydrogen (secondary N) is 1. The third kappa shape index (κ3) is 4.08. The van der Waals surface area contributed by atoms with Crippen molar-refractivity contribution in [1.82, 2.24) is 10.2 Å². The van der Waals surface area contributed by atoms with Gasteiger partial charge in [0.2, 0.25) is 5.91 Å². The summed E-state index contributed by atoms with van der Waals surface area (Å²) < 4.78 is 5.22. The van der Waals surface area contributed by atoms with Crippen LogP contribution in [0.15, 0.2) is 45.6 Å². The zero-order valence-corrected chi connectivity index (χ0v) is 21.2. The molecule has 2 fully saturated rings. The molecule has 7 heteroatoms. The molecular weight excluding hydrogens is 446 g/mol. The van der Waals surface area contributed by atoms with Gasteiger partial charge in [0.1, 0.15) is 0 Å². The summed E-state index contributed by atoms with van der Waals surface area (Å²) in [7, 11) is 1.42. The van der Waals surface area contributed by atoms with Gasteiger partial charge in [-0.25, -0.2) is 9.79 Å². The van der Waals surface area contributed by atoms with Gasteiger partial charge < -0.3 is 15.0 Å². The number of esters is 1. The van der Waals surface area contributed by atoms with E-state index in [1.807, 2.05) is 12.3 Å². The molecule has 6 nitrogen and oxygen atoms in total. The molecule has 34 heavy (non-hydrogen) atoms. The maximum atomic E-state index is 13.1. The van der Waals surface area contributed by atoms with Crippen molar-refractivity contribution in [2.45, 2.75) is 71.4 Å². The molecule has 1 amide bonds. The molecule has 4 aliphatic rings. The van der Waals surface area contributed by atoms with Crippen LogP contribution >= 0.6 is 11.8 Å². The SMILES string of the molecule is CCC1=C(C(=O)OC)[C@H](c2ccc(C)cc2C)N2C(CC(=O)N[C@@H]3C[C@H]4CC[C@H]3C4)=CSC2=N1. The standard InChI is InChI=1S/C27H33N3O3S/c1-5-21-24(26(32)33-4)25(20-9-6-15(2)10-16(20)3)30-19(14-34-27(30)29-21)13-23(31)28-22-12-17-7-8-18(22)11-17/h6,9-10,14,17-18,22,25H,5,7-8,11-13H2,1-4H3,(H,28,31)/t17-,18-,22+,25-/m0/s1. The van der Waals surface area contributed by atoms with Crippen molar-refractivity contribution in [3.8, 4) is 0 Å². The summed E-state index contributed by atoms with van der Waals surface area (Å²) in [5.74, 6) is 1.10. The Balaban J connectivity index is 1.46. The predicted octanol–water partition coefficient (Wildman–Crippen LogP) is 5.14. The Kier molecular flexibility index (Phi) is 6.32. The van der Waals surface area contributed by atoms with Gasteiger partial charge in [0.15, 0.2) is 5.17 Å². The Morgan fingerprint density at radius 2 is 2.06 bits per heavy atom. The number of carbonyl (C=O) groups is 2. The van der Waals surface area contributed by atoms with Crippen LogP contribution in [0.2, 0.25) is 0 Å². The fourth-order valence-electron chi connectivity index (χ4n) is 6.18. The van der Waals surface area contributed by atoms with E-state index in [9.17, 15) is 9.59 Å². The van der Waals surface area contributed by atoms with E-state index in [0.29, 0.717) is 24.0 Å². The lowest BCUT2D eigenvalue weighted by atomic mass is 9.89. The highest BCUT2D eigenvalue weighted by molar-refractivity contribution is 8.16. The van der Waals surface area contributed by atoms with E-state index in [-0.39, 0.29) is 24.3 Å². The Labute approximate surface area is 205 Å². The number of amides is 1. The molecule has 5 rings (SSSR count). The van der Waals surface area contributed by atoms with Crippen molar-refractivity contribution >= 4 is 28.8 Å². The summed E-state index contributed by atoms with van der Waals surface area (Å²) >= 11 is 1.53. The largest absolute Gasteiger partial charge is 0.466 e. The van der Waals surface area contributed by atoms with E-state index in [2.05, 4.69) is 42.3 Å². The maximum Gasteiger partial charge on any atom is 0.338 e. The molecule has 1 N–H and O–H groups in total. The molecular formula is C27H33N3O3S. The number of hydrogen-bond acceptors (Lipinski definition) is 6. The lowest BCUT2D eigenvalue weighted by Gasteiger charge is -2.37. The highest BCUT2D eigenvalue weighted by Gasteiger charge is 2.43.